The van der Waals surface area contributed by atoms with Crippen molar-refractivity contribution in [3.8, 4) is 0 Å². The Hall–Kier alpha value is -3.87. The largest absolute Gasteiger partial charge is 0.478 e. The van der Waals surface area contributed by atoms with Crippen molar-refractivity contribution in [1.29, 1.82) is 0 Å². The van der Waals surface area contributed by atoms with E-state index in [1.165, 1.54) is 28.7 Å². The number of H-pyrrole nitrogens is 1. The maximum Gasteiger partial charge on any atom is 0.337 e. The summed E-state index contributed by atoms with van der Waals surface area (Å²) in [6.07, 6.45) is 10.2. The molecule has 0 amide bonds. The monoisotopic (exact) mass is 566 g/mol. The van der Waals surface area contributed by atoms with Crippen LogP contribution in [0.1, 0.15) is 61.0 Å². The Morgan fingerprint density at radius 1 is 1.10 bits per heavy atom. The summed E-state index contributed by atoms with van der Waals surface area (Å²) >= 11 is 6.19. The van der Waals surface area contributed by atoms with Crippen LogP contribution in [0, 0.1) is 5.41 Å². The van der Waals surface area contributed by atoms with E-state index in [2.05, 4.69) is 52.2 Å². The molecule has 41 heavy (non-hydrogen) atoms. The molecule has 1 aliphatic heterocycles. The number of rotatable bonds is 7. The molecule has 0 spiro atoms. The maximum absolute atomic E-state index is 12.0. The van der Waals surface area contributed by atoms with Gasteiger partial charge in [-0.05, 0) is 89.8 Å². The molecule has 0 fully saturated rings. The summed E-state index contributed by atoms with van der Waals surface area (Å²) in [4.78, 5) is 22.0. The molecule has 6 rings (SSSR count). The number of pyridine rings is 1. The zero-order chi connectivity index (χ0) is 28.6. The molecule has 0 saturated heterocycles. The summed E-state index contributed by atoms with van der Waals surface area (Å²) in [6, 6.07) is 17.8. The predicted molar refractivity (Wildman–Crippen MR) is 168 cm³/mol. The highest BCUT2D eigenvalue weighted by atomic mass is 35.5. The highest BCUT2D eigenvalue weighted by Crippen LogP contribution is 2.43. The first kappa shape index (κ1) is 27.3. The number of halogens is 1. The van der Waals surface area contributed by atoms with E-state index < -0.39 is 5.97 Å². The van der Waals surface area contributed by atoms with E-state index in [1.807, 2.05) is 42.6 Å². The van der Waals surface area contributed by atoms with Gasteiger partial charge in [0.15, 0.2) is 0 Å². The van der Waals surface area contributed by atoms with Crippen LogP contribution in [0.2, 0.25) is 5.02 Å². The molecule has 0 atom stereocenters. The SMILES string of the molecule is CC1(C)CCC(CN2CC=C(c3ccc(C(=O)O)c(Nc4cnc5[nH]ccc5c4)c3)CC2)=C(c2ccc(Cl)cc2)C1. The van der Waals surface area contributed by atoms with E-state index in [0.29, 0.717) is 11.1 Å². The van der Waals surface area contributed by atoms with Gasteiger partial charge in [0.1, 0.15) is 5.65 Å². The van der Waals surface area contributed by atoms with Crippen LogP contribution in [0.25, 0.3) is 22.2 Å². The number of carboxylic acids is 1. The van der Waals surface area contributed by atoms with Gasteiger partial charge in [0.2, 0.25) is 0 Å². The van der Waals surface area contributed by atoms with E-state index in [-0.39, 0.29) is 5.56 Å². The normalized spacial score (nSPS) is 17.5. The van der Waals surface area contributed by atoms with Gasteiger partial charge >= 0.3 is 5.97 Å². The molecule has 3 N–H and O–H groups in total. The minimum Gasteiger partial charge on any atom is -0.478 e. The number of fused-ring (bicyclic) bond motifs is 1. The lowest BCUT2D eigenvalue weighted by Gasteiger charge is -2.36. The fourth-order valence-electron chi connectivity index (χ4n) is 6.05. The Balaban J connectivity index is 1.21. The number of anilines is 2. The summed E-state index contributed by atoms with van der Waals surface area (Å²) in [5.74, 6) is -0.959. The molecule has 4 aromatic rings. The first-order valence-corrected chi connectivity index (χ1v) is 14.6. The number of allylic oxidation sites excluding steroid dienone is 1. The molecule has 3 heterocycles. The van der Waals surface area contributed by atoms with Crippen molar-refractivity contribution in [2.75, 3.05) is 25.0 Å². The van der Waals surface area contributed by atoms with Crippen molar-refractivity contribution in [1.82, 2.24) is 14.9 Å². The average molecular weight is 567 g/mol. The second-order valence-corrected chi connectivity index (χ2v) is 12.4. The maximum atomic E-state index is 12.0. The number of carboxylic acid groups (broad SMARTS) is 1. The van der Waals surface area contributed by atoms with Crippen molar-refractivity contribution < 1.29 is 9.90 Å². The first-order chi connectivity index (χ1) is 19.7. The quantitative estimate of drug-likeness (QED) is 0.209. The van der Waals surface area contributed by atoms with Crippen LogP contribution >= 0.6 is 11.6 Å². The molecule has 0 unspecified atom stereocenters. The van der Waals surface area contributed by atoms with Gasteiger partial charge in [-0.3, -0.25) is 4.90 Å². The van der Waals surface area contributed by atoms with Gasteiger partial charge in [-0.15, -0.1) is 0 Å². The predicted octanol–water partition coefficient (Wildman–Crippen LogP) is 8.41. The lowest BCUT2D eigenvalue weighted by Crippen LogP contribution is -2.32. The van der Waals surface area contributed by atoms with Crippen molar-refractivity contribution in [3.05, 3.63) is 100 Å². The fraction of sp³-hybridized carbons (Fsp3) is 0.294. The van der Waals surface area contributed by atoms with Crippen LogP contribution in [0.15, 0.2) is 78.6 Å². The number of hydrogen-bond donors (Lipinski definition) is 3. The van der Waals surface area contributed by atoms with Gasteiger partial charge in [0.05, 0.1) is 23.1 Å². The van der Waals surface area contributed by atoms with Crippen LogP contribution in [-0.2, 0) is 0 Å². The van der Waals surface area contributed by atoms with E-state index in [9.17, 15) is 9.90 Å². The molecular formula is C34H35ClN4O2. The van der Waals surface area contributed by atoms with Gasteiger partial charge in [0.25, 0.3) is 0 Å². The first-order valence-electron chi connectivity index (χ1n) is 14.2. The number of nitrogens with one attached hydrogen (secondary N) is 2. The lowest BCUT2D eigenvalue weighted by atomic mass is 9.72. The Bertz CT molecular complexity index is 1670. The molecule has 6 nitrogen and oxygen atoms in total. The van der Waals surface area contributed by atoms with Crippen LogP contribution in [-0.4, -0.2) is 45.6 Å². The molecule has 0 saturated carbocycles. The summed E-state index contributed by atoms with van der Waals surface area (Å²) in [5.41, 5.74) is 9.24. The van der Waals surface area contributed by atoms with E-state index >= 15 is 0 Å². The van der Waals surface area contributed by atoms with Crippen LogP contribution < -0.4 is 5.32 Å². The topological polar surface area (TPSA) is 81.2 Å². The number of nitrogens with zero attached hydrogens (tertiary/aromatic N) is 2. The molecule has 0 radical (unpaired) electrons. The smallest absolute Gasteiger partial charge is 0.337 e. The second-order valence-electron chi connectivity index (χ2n) is 12.0. The van der Waals surface area contributed by atoms with Gasteiger partial charge in [0, 0.05) is 36.2 Å². The fourth-order valence-corrected chi connectivity index (χ4v) is 6.17. The van der Waals surface area contributed by atoms with Crippen molar-refractivity contribution in [3.63, 3.8) is 0 Å². The summed E-state index contributed by atoms with van der Waals surface area (Å²) < 4.78 is 0. The number of aromatic carboxylic acids is 1. The minimum absolute atomic E-state index is 0.239. The lowest BCUT2D eigenvalue weighted by molar-refractivity contribution is 0.0698. The number of hydrogen-bond acceptors (Lipinski definition) is 4. The third kappa shape index (κ3) is 6.09. The minimum atomic E-state index is -0.959. The number of carbonyl (C=O) groups is 1. The standard InChI is InChI=1S/C34H35ClN4O2/c1-34(2)13-9-26(30(19-34)23-3-6-27(35)7-4-23)21-39-15-11-22(12-16-39)24-5-8-29(33(40)41)31(18-24)38-28-17-25-10-14-36-32(25)37-20-28/h3-8,10-11,14,17-18,20,38H,9,12-13,15-16,19,21H2,1-2H3,(H,36,37)(H,40,41). The van der Waals surface area contributed by atoms with E-state index in [4.69, 9.17) is 11.6 Å². The third-order valence-electron chi connectivity index (χ3n) is 8.39. The summed E-state index contributed by atoms with van der Waals surface area (Å²) in [5, 5.41) is 14.9. The molecule has 1 aliphatic carbocycles. The number of aromatic amines is 1. The Labute approximate surface area is 245 Å². The van der Waals surface area contributed by atoms with Crippen molar-refractivity contribution in [2.24, 2.45) is 5.41 Å². The third-order valence-corrected chi connectivity index (χ3v) is 8.64. The van der Waals surface area contributed by atoms with Crippen LogP contribution in [0.3, 0.4) is 0 Å². The van der Waals surface area contributed by atoms with E-state index in [0.717, 1.165) is 66.2 Å². The zero-order valence-electron chi connectivity index (χ0n) is 23.5. The molecule has 2 aliphatic rings. The molecule has 210 valence electrons. The number of aromatic nitrogens is 2. The molecule has 7 heteroatoms. The van der Waals surface area contributed by atoms with Crippen molar-refractivity contribution in [2.45, 2.75) is 39.5 Å². The molecule has 2 aromatic heterocycles. The molecule has 2 aromatic carbocycles. The van der Waals surface area contributed by atoms with Crippen molar-refractivity contribution >= 4 is 51.1 Å². The summed E-state index contributed by atoms with van der Waals surface area (Å²) in [6.45, 7) is 7.53. The number of benzene rings is 2. The Kier molecular flexibility index (Phi) is 7.45. The van der Waals surface area contributed by atoms with Gasteiger partial charge in [-0.25, -0.2) is 9.78 Å². The Morgan fingerprint density at radius 2 is 1.90 bits per heavy atom. The van der Waals surface area contributed by atoms with Crippen LogP contribution in [0.4, 0.5) is 11.4 Å². The van der Waals surface area contributed by atoms with E-state index in [1.54, 1.807) is 12.3 Å². The highest BCUT2D eigenvalue weighted by molar-refractivity contribution is 6.30. The van der Waals surface area contributed by atoms with Gasteiger partial charge in [-0.2, -0.15) is 0 Å². The van der Waals surface area contributed by atoms with Gasteiger partial charge in [-0.1, -0.05) is 55.3 Å². The van der Waals surface area contributed by atoms with Gasteiger partial charge < -0.3 is 15.4 Å². The molecule has 0 bridgehead atoms. The highest BCUT2D eigenvalue weighted by Gasteiger charge is 2.29. The second kappa shape index (κ2) is 11.2. The van der Waals surface area contributed by atoms with Crippen LogP contribution in [0.5, 0.6) is 0 Å². The summed E-state index contributed by atoms with van der Waals surface area (Å²) in [7, 11) is 0. The Morgan fingerprint density at radius 3 is 2.66 bits per heavy atom. The zero-order valence-corrected chi connectivity index (χ0v) is 24.3. The molecular weight excluding hydrogens is 532 g/mol. The average Bonchev–Trinajstić information content (AvgIpc) is 3.43.